The highest BCUT2D eigenvalue weighted by Crippen LogP contribution is 2.16. The van der Waals surface area contributed by atoms with Crippen molar-refractivity contribution in [2.45, 2.75) is 39.8 Å². The first-order chi connectivity index (χ1) is 13.1. The summed E-state index contributed by atoms with van der Waals surface area (Å²) in [6.07, 6.45) is 2.48. The third kappa shape index (κ3) is 5.83. The molecule has 1 aliphatic rings. The van der Waals surface area contributed by atoms with Crippen molar-refractivity contribution in [3.05, 3.63) is 41.5 Å². The van der Waals surface area contributed by atoms with Gasteiger partial charge in [0.2, 0.25) is 0 Å². The van der Waals surface area contributed by atoms with E-state index in [0.717, 1.165) is 42.0 Å². The number of nitrogens with zero attached hydrogens (tertiary/aromatic N) is 5. The molecule has 8 heteroatoms. The van der Waals surface area contributed by atoms with E-state index in [4.69, 9.17) is 9.73 Å². The summed E-state index contributed by atoms with van der Waals surface area (Å²) >= 11 is 0. The number of aromatic nitrogens is 3. The number of hydrogen-bond acceptors (Lipinski definition) is 4. The topological polar surface area (TPSA) is 67.6 Å². The molecule has 0 bridgehead atoms. The smallest absolute Gasteiger partial charge is 0.194 e. The zero-order chi connectivity index (χ0) is 19.2. The zero-order valence-corrected chi connectivity index (χ0v) is 19.5. The van der Waals surface area contributed by atoms with Crippen LogP contribution in [0.15, 0.2) is 29.3 Å². The molecule has 2 heterocycles. The average Bonchev–Trinajstić information content (AvgIpc) is 3.00. The Bertz CT molecular complexity index is 774. The summed E-state index contributed by atoms with van der Waals surface area (Å²) in [5.41, 5.74) is 1.16. The fraction of sp³-hybridized carbons (Fsp3) is 0.550. The van der Waals surface area contributed by atoms with Gasteiger partial charge in [0.15, 0.2) is 11.8 Å². The van der Waals surface area contributed by atoms with Gasteiger partial charge in [-0.1, -0.05) is 19.1 Å². The Morgan fingerprint density at radius 3 is 2.64 bits per heavy atom. The fourth-order valence-electron chi connectivity index (χ4n) is 3.31. The van der Waals surface area contributed by atoms with Crippen LogP contribution in [0.4, 0.5) is 0 Å². The first-order valence-corrected chi connectivity index (χ1v) is 9.58. The largest absolute Gasteiger partial charge is 0.497 e. The predicted molar refractivity (Wildman–Crippen MR) is 122 cm³/mol. The maximum atomic E-state index is 5.23. The highest BCUT2D eigenvalue weighted by Gasteiger charge is 2.20. The van der Waals surface area contributed by atoms with Crippen molar-refractivity contribution < 1.29 is 4.74 Å². The van der Waals surface area contributed by atoms with E-state index >= 15 is 0 Å². The molecule has 154 valence electrons. The van der Waals surface area contributed by atoms with Gasteiger partial charge < -0.3 is 19.5 Å². The third-order valence-corrected chi connectivity index (χ3v) is 5.11. The lowest BCUT2D eigenvalue weighted by Crippen LogP contribution is -2.46. The van der Waals surface area contributed by atoms with Crippen LogP contribution < -0.4 is 10.1 Å². The van der Waals surface area contributed by atoms with Gasteiger partial charge in [0.25, 0.3) is 0 Å². The van der Waals surface area contributed by atoms with Crippen LogP contribution in [-0.4, -0.2) is 45.8 Å². The lowest BCUT2D eigenvalue weighted by atomic mass is 10.0. The normalized spacial score (nSPS) is 17.2. The monoisotopic (exact) mass is 498 g/mol. The molecule has 28 heavy (non-hydrogen) atoms. The van der Waals surface area contributed by atoms with Crippen molar-refractivity contribution >= 4 is 29.9 Å². The fourth-order valence-corrected chi connectivity index (χ4v) is 3.31. The number of hydrogen-bond donors (Lipinski definition) is 1. The van der Waals surface area contributed by atoms with Crippen molar-refractivity contribution in [3.8, 4) is 5.75 Å². The first kappa shape index (κ1) is 22.4. The van der Waals surface area contributed by atoms with E-state index in [2.05, 4.69) is 39.5 Å². The third-order valence-electron chi connectivity index (χ3n) is 5.11. The van der Waals surface area contributed by atoms with Gasteiger partial charge >= 0.3 is 0 Å². The molecule has 0 spiro atoms. The molecule has 1 atom stereocenters. The Morgan fingerprint density at radius 1 is 1.29 bits per heavy atom. The highest BCUT2D eigenvalue weighted by atomic mass is 127. The van der Waals surface area contributed by atoms with Crippen LogP contribution in [0.1, 0.15) is 37.0 Å². The molecule has 1 aromatic carbocycles. The zero-order valence-electron chi connectivity index (χ0n) is 17.2. The molecule has 7 nitrogen and oxygen atoms in total. The lowest BCUT2D eigenvalue weighted by molar-refractivity contribution is 0.265. The maximum Gasteiger partial charge on any atom is 0.194 e. The minimum atomic E-state index is 0. The van der Waals surface area contributed by atoms with Crippen LogP contribution in [0, 0.1) is 12.8 Å². The summed E-state index contributed by atoms with van der Waals surface area (Å²) < 4.78 is 7.24. The van der Waals surface area contributed by atoms with Crippen molar-refractivity contribution in [2.24, 2.45) is 18.0 Å². The standard InChI is InChI=1S/C20H30N6O.HI/c1-15-6-5-11-26(14-15)20(22-13-19-24-23-16(2)25(19)3)21-12-17-7-9-18(27-4)10-8-17;/h7-10,15H,5-6,11-14H2,1-4H3,(H,21,22);1H. The van der Waals surface area contributed by atoms with E-state index < -0.39 is 0 Å². The van der Waals surface area contributed by atoms with Gasteiger partial charge in [0.1, 0.15) is 11.6 Å². The molecule has 1 aromatic heterocycles. The van der Waals surface area contributed by atoms with Gasteiger partial charge in [0, 0.05) is 20.1 Å². The molecule has 1 fully saturated rings. The number of rotatable bonds is 5. The quantitative estimate of drug-likeness (QED) is 0.390. The van der Waals surface area contributed by atoms with Gasteiger partial charge in [-0.25, -0.2) is 4.99 Å². The molecule has 2 aromatic rings. The molecule has 0 radical (unpaired) electrons. The van der Waals surface area contributed by atoms with Crippen molar-refractivity contribution in [1.82, 2.24) is 25.0 Å². The van der Waals surface area contributed by atoms with E-state index in [1.54, 1.807) is 7.11 Å². The van der Waals surface area contributed by atoms with Crippen molar-refractivity contribution in [1.29, 1.82) is 0 Å². The van der Waals surface area contributed by atoms with Crippen LogP contribution in [0.25, 0.3) is 0 Å². The van der Waals surface area contributed by atoms with E-state index in [-0.39, 0.29) is 24.0 Å². The SMILES string of the molecule is COc1ccc(CN=C(NCc2nnc(C)n2C)N2CCCC(C)C2)cc1.I. The summed E-state index contributed by atoms with van der Waals surface area (Å²) in [7, 11) is 3.67. The number of methoxy groups -OCH3 is 1. The number of aliphatic imine (C=N–C) groups is 1. The lowest BCUT2D eigenvalue weighted by Gasteiger charge is -2.33. The minimum Gasteiger partial charge on any atom is -0.497 e. The van der Waals surface area contributed by atoms with Crippen molar-refractivity contribution in [2.75, 3.05) is 20.2 Å². The number of benzene rings is 1. The molecular formula is C20H31IN6O. The molecule has 1 aliphatic heterocycles. The minimum absolute atomic E-state index is 0. The Balaban J connectivity index is 0.00000280. The second-order valence-corrected chi connectivity index (χ2v) is 7.26. The number of nitrogens with one attached hydrogen (secondary N) is 1. The van der Waals surface area contributed by atoms with Crippen LogP contribution in [0.5, 0.6) is 5.75 Å². The second-order valence-electron chi connectivity index (χ2n) is 7.26. The van der Waals surface area contributed by atoms with Crippen LogP contribution in [-0.2, 0) is 20.1 Å². The molecule has 0 aliphatic carbocycles. The van der Waals surface area contributed by atoms with Crippen molar-refractivity contribution in [3.63, 3.8) is 0 Å². The maximum absolute atomic E-state index is 5.23. The Kier molecular flexibility index (Phi) is 8.53. The first-order valence-electron chi connectivity index (χ1n) is 9.58. The number of piperidine rings is 1. The van der Waals surface area contributed by atoms with Crippen LogP contribution >= 0.6 is 24.0 Å². The Morgan fingerprint density at radius 2 is 2.04 bits per heavy atom. The summed E-state index contributed by atoms with van der Waals surface area (Å²) in [5.74, 6) is 4.32. The molecule has 1 saturated heterocycles. The summed E-state index contributed by atoms with van der Waals surface area (Å²) in [5, 5.41) is 11.9. The highest BCUT2D eigenvalue weighted by molar-refractivity contribution is 14.0. The van der Waals surface area contributed by atoms with Gasteiger partial charge in [-0.15, -0.1) is 34.2 Å². The number of aryl methyl sites for hydroxylation is 1. The summed E-state index contributed by atoms with van der Waals surface area (Å²) in [6.45, 7) is 7.59. The molecule has 3 rings (SSSR count). The van der Waals surface area contributed by atoms with Gasteiger partial charge in [0.05, 0.1) is 20.2 Å². The van der Waals surface area contributed by atoms with Crippen LogP contribution in [0.2, 0.25) is 0 Å². The number of guanidine groups is 1. The van der Waals surface area contributed by atoms with E-state index in [1.807, 2.05) is 30.7 Å². The van der Waals surface area contributed by atoms with Gasteiger partial charge in [-0.05, 0) is 43.4 Å². The van der Waals surface area contributed by atoms with Gasteiger partial charge in [-0.3, -0.25) is 0 Å². The van der Waals surface area contributed by atoms with Crippen LogP contribution in [0.3, 0.4) is 0 Å². The molecule has 0 saturated carbocycles. The van der Waals surface area contributed by atoms with E-state index in [1.165, 1.54) is 12.8 Å². The predicted octanol–water partition coefficient (Wildman–Crippen LogP) is 3.13. The molecule has 1 N–H and O–H groups in total. The molecule has 1 unspecified atom stereocenters. The molecule has 0 amide bonds. The number of likely N-dealkylation sites (tertiary alicyclic amines) is 1. The number of halogens is 1. The summed E-state index contributed by atoms with van der Waals surface area (Å²) in [4.78, 5) is 7.25. The Hall–Kier alpha value is -1.84. The van der Waals surface area contributed by atoms with E-state index in [0.29, 0.717) is 19.0 Å². The number of ether oxygens (including phenoxy) is 1. The van der Waals surface area contributed by atoms with Gasteiger partial charge in [-0.2, -0.15) is 0 Å². The average molecular weight is 498 g/mol. The Labute approximate surface area is 184 Å². The second kappa shape index (κ2) is 10.6. The summed E-state index contributed by atoms with van der Waals surface area (Å²) in [6, 6.07) is 8.07. The molecular weight excluding hydrogens is 467 g/mol. The van der Waals surface area contributed by atoms with E-state index in [9.17, 15) is 0 Å².